The minimum Gasteiger partial charge on any atom is -0.366 e. The van der Waals surface area contributed by atoms with Crippen molar-refractivity contribution in [2.24, 2.45) is 5.73 Å². The van der Waals surface area contributed by atoms with Crippen molar-refractivity contribution in [3.8, 4) is 0 Å². The van der Waals surface area contributed by atoms with Crippen molar-refractivity contribution in [3.05, 3.63) is 12.3 Å². The third kappa shape index (κ3) is 3.65. The van der Waals surface area contributed by atoms with Gasteiger partial charge in [0, 0.05) is 26.2 Å². The number of primary amides is 1. The van der Waals surface area contributed by atoms with E-state index < -0.39 is 5.91 Å². The van der Waals surface area contributed by atoms with Gasteiger partial charge in [-0.15, -0.1) is 0 Å². The van der Waals surface area contributed by atoms with Gasteiger partial charge < -0.3 is 10.6 Å². The first kappa shape index (κ1) is 8.68. The lowest BCUT2D eigenvalue weighted by molar-refractivity contribution is -0.125. The molecule has 0 fully saturated rings. The Morgan fingerprint density at radius 3 is 2.30 bits per heavy atom. The molecule has 0 aliphatic rings. The Labute approximate surface area is 59.3 Å². The predicted molar refractivity (Wildman–Crippen MR) is 36.8 cm³/mol. The molecule has 0 saturated heterocycles. The number of hydrogen-bond acceptors (Lipinski definition) is 2. The van der Waals surface area contributed by atoms with Gasteiger partial charge in [0.25, 0.3) is 0 Å². The van der Waals surface area contributed by atoms with E-state index in [1.165, 1.54) is 18.0 Å². The van der Waals surface area contributed by atoms with Crippen molar-refractivity contribution >= 4 is 11.8 Å². The maximum absolute atomic E-state index is 10.5. The average molecular weight is 142 g/mol. The van der Waals surface area contributed by atoms with Crippen LogP contribution in [0.5, 0.6) is 0 Å². The number of carbonyl (C=O) groups is 2. The molecule has 0 aliphatic heterocycles. The van der Waals surface area contributed by atoms with Crippen molar-refractivity contribution in [2.75, 3.05) is 7.05 Å². The van der Waals surface area contributed by atoms with E-state index in [0.29, 0.717) is 0 Å². The monoisotopic (exact) mass is 142 g/mol. The smallest absolute Gasteiger partial charge is 0.242 e. The van der Waals surface area contributed by atoms with Crippen molar-refractivity contribution in [1.82, 2.24) is 4.90 Å². The molecule has 0 saturated carbocycles. The second-order valence-corrected chi connectivity index (χ2v) is 1.85. The van der Waals surface area contributed by atoms with E-state index in [1.807, 2.05) is 0 Å². The molecule has 4 nitrogen and oxygen atoms in total. The predicted octanol–water partition coefficient (Wildman–Crippen LogP) is -0.536. The zero-order valence-corrected chi connectivity index (χ0v) is 6.00. The highest BCUT2D eigenvalue weighted by Crippen LogP contribution is 1.83. The van der Waals surface area contributed by atoms with Gasteiger partial charge in [0.2, 0.25) is 11.8 Å². The maximum atomic E-state index is 10.5. The highest BCUT2D eigenvalue weighted by Gasteiger charge is 1.94. The Balaban J connectivity index is 3.89. The summed E-state index contributed by atoms with van der Waals surface area (Å²) in [7, 11) is 1.54. The SMILES string of the molecule is CC(=O)N(C)C=CC(N)=O. The van der Waals surface area contributed by atoms with Crippen LogP contribution in [-0.2, 0) is 9.59 Å². The van der Waals surface area contributed by atoms with Gasteiger partial charge in [-0.25, -0.2) is 0 Å². The summed E-state index contributed by atoms with van der Waals surface area (Å²) in [4.78, 5) is 21.9. The van der Waals surface area contributed by atoms with Gasteiger partial charge in [-0.05, 0) is 0 Å². The Bertz CT molecular complexity index is 175. The van der Waals surface area contributed by atoms with E-state index in [1.54, 1.807) is 7.05 Å². The van der Waals surface area contributed by atoms with Crippen molar-refractivity contribution < 1.29 is 9.59 Å². The van der Waals surface area contributed by atoms with Crippen LogP contribution in [0, 0.1) is 0 Å². The lowest BCUT2D eigenvalue weighted by Gasteiger charge is -2.05. The second-order valence-electron chi connectivity index (χ2n) is 1.85. The molecule has 0 aliphatic carbocycles. The third-order valence-electron chi connectivity index (χ3n) is 0.959. The van der Waals surface area contributed by atoms with Gasteiger partial charge in [0.05, 0.1) is 0 Å². The highest BCUT2D eigenvalue weighted by atomic mass is 16.2. The van der Waals surface area contributed by atoms with E-state index in [0.717, 1.165) is 6.08 Å². The van der Waals surface area contributed by atoms with Crippen LogP contribution in [0.4, 0.5) is 0 Å². The fourth-order valence-corrected chi connectivity index (χ4v) is 0.290. The normalized spacial score (nSPS) is 9.80. The first-order valence-electron chi connectivity index (χ1n) is 2.75. The van der Waals surface area contributed by atoms with Crippen molar-refractivity contribution in [1.29, 1.82) is 0 Å². The van der Waals surface area contributed by atoms with Crippen LogP contribution in [0.2, 0.25) is 0 Å². The summed E-state index contributed by atoms with van der Waals surface area (Å²) in [5.74, 6) is -0.703. The second kappa shape index (κ2) is 3.66. The molecule has 0 aromatic carbocycles. The highest BCUT2D eigenvalue weighted by molar-refractivity contribution is 5.86. The number of nitrogens with two attached hydrogens (primary N) is 1. The van der Waals surface area contributed by atoms with E-state index in [-0.39, 0.29) is 5.91 Å². The Morgan fingerprint density at radius 1 is 1.50 bits per heavy atom. The molecule has 0 heterocycles. The quantitative estimate of drug-likeness (QED) is 0.526. The topological polar surface area (TPSA) is 63.4 Å². The molecule has 0 atom stereocenters. The summed E-state index contributed by atoms with van der Waals surface area (Å²) in [6, 6.07) is 0. The molecule has 0 rings (SSSR count). The number of nitrogens with zero attached hydrogens (tertiary/aromatic N) is 1. The largest absolute Gasteiger partial charge is 0.366 e. The minimum atomic E-state index is -0.562. The molecule has 0 bridgehead atoms. The van der Waals surface area contributed by atoms with Crippen LogP contribution in [0.25, 0.3) is 0 Å². The summed E-state index contributed by atoms with van der Waals surface area (Å²) >= 11 is 0. The fraction of sp³-hybridized carbons (Fsp3) is 0.333. The van der Waals surface area contributed by atoms with E-state index in [2.05, 4.69) is 0 Å². The number of rotatable bonds is 2. The summed E-state index contributed by atoms with van der Waals surface area (Å²) in [5.41, 5.74) is 4.78. The van der Waals surface area contributed by atoms with Gasteiger partial charge in [-0.3, -0.25) is 9.59 Å². The molecule has 0 aromatic rings. The van der Waals surface area contributed by atoms with Gasteiger partial charge >= 0.3 is 0 Å². The first-order chi connectivity index (χ1) is 4.54. The van der Waals surface area contributed by atoms with E-state index in [4.69, 9.17) is 5.73 Å². The molecule has 0 radical (unpaired) electrons. The zero-order chi connectivity index (χ0) is 8.15. The molecule has 0 unspecified atom stereocenters. The van der Waals surface area contributed by atoms with Crippen LogP contribution in [0.15, 0.2) is 12.3 Å². The van der Waals surface area contributed by atoms with E-state index in [9.17, 15) is 9.59 Å². The number of carbonyl (C=O) groups excluding carboxylic acids is 2. The maximum Gasteiger partial charge on any atom is 0.242 e. The van der Waals surface area contributed by atoms with E-state index >= 15 is 0 Å². The molecule has 0 aromatic heterocycles. The molecule has 56 valence electrons. The Hall–Kier alpha value is -1.32. The van der Waals surface area contributed by atoms with Crippen LogP contribution in [-0.4, -0.2) is 23.8 Å². The third-order valence-corrected chi connectivity index (χ3v) is 0.959. The van der Waals surface area contributed by atoms with Crippen molar-refractivity contribution in [3.63, 3.8) is 0 Å². The Morgan fingerprint density at radius 2 is 2.00 bits per heavy atom. The van der Waals surface area contributed by atoms with Crippen LogP contribution in [0.1, 0.15) is 6.92 Å². The molecule has 2 amide bonds. The number of amides is 2. The minimum absolute atomic E-state index is 0.141. The molecular weight excluding hydrogens is 132 g/mol. The summed E-state index contributed by atoms with van der Waals surface area (Å²) in [6.07, 6.45) is 2.45. The summed E-state index contributed by atoms with van der Waals surface area (Å²) in [6.45, 7) is 1.39. The fourth-order valence-electron chi connectivity index (χ4n) is 0.290. The van der Waals surface area contributed by atoms with Gasteiger partial charge in [-0.1, -0.05) is 0 Å². The van der Waals surface area contributed by atoms with Gasteiger partial charge in [0.1, 0.15) is 0 Å². The average Bonchev–Trinajstić information content (AvgIpc) is 1.82. The summed E-state index contributed by atoms with van der Waals surface area (Å²) < 4.78 is 0. The van der Waals surface area contributed by atoms with Crippen LogP contribution < -0.4 is 5.73 Å². The van der Waals surface area contributed by atoms with Gasteiger partial charge in [0.15, 0.2) is 0 Å². The first-order valence-corrected chi connectivity index (χ1v) is 2.75. The molecule has 0 spiro atoms. The molecule has 4 heteroatoms. The lowest BCUT2D eigenvalue weighted by atomic mass is 10.5. The van der Waals surface area contributed by atoms with Gasteiger partial charge in [-0.2, -0.15) is 0 Å². The standard InChI is InChI=1S/C6H10N2O2/c1-5(9)8(2)4-3-6(7)10/h3-4H,1-2H3,(H2,7,10). The van der Waals surface area contributed by atoms with Crippen molar-refractivity contribution in [2.45, 2.75) is 6.92 Å². The Kier molecular flexibility index (Phi) is 3.17. The van der Waals surface area contributed by atoms with Crippen LogP contribution in [0.3, 0.4) is 0 Å². The molecular formula is C6H10N2O2. The summed E-state index contributed by atoms with van der Waals surface area (Å²) in [5, 5.41) is 0. The number of hydrogen-bond donors (Lipinski definition) is 1. The molecule has 2 N–H and O–H groups in total. The lowest BCUT2D eigenvalue weighted by Crippen LogP contribution is -2.18. The zero-order valence-electron chi connectivity index (χ0n) is 6.00. The molecule has 10 heavy (non-hydrogen) atoms. The van der Waals surface area contributed by atoms with Crippen LogP contribution >= 0.6 is 0 Å².